The van der Waals surface area contributed by atoms with Gasteiger partial charge in [0.2, 0.25) is 5.91 Å². The van der Waals surface area contributed by atoms with E-state index in [0.29, 0.717) is 24.6 Å². The van der Waals surface area contributed by atoms with Gasteiger partial charge < -0.3 is 10.2 Å². The molecule has 0 radical (unpaired) electrons. The smallest absolute Gasteiger partial charge is 0.254 e. The Morgan fingerprint density at radius 1 is 1.26 bits per heavy atom. The summed E-state index contributed by atoms with van der Waals surface area (Å²) in [5.74, 6) is 0.310. The van der Waals surface area contributed by atoms with Crippen LogP contribution >= 0.6 is 0 Å². The summed E-state index contributed by atoms with van der Waals surface area (Å²) in [5.41, 5.74) is 1.87. The highest BCUT2D eigenvalue weighted by molar-refractivity contribution is 5.96. The van der Waals surface area contributed by atoms with Crippen molar-refractivity contribution in [3.05, 3.63) is 35.4 Å². The monoisotopic (exact) mass is 260 g/mol. The van der Waals surface area contributed by atoms with Gasteiger partial charge in [0.15, 0.2) is 0 Å². The van der Waals surface area contributed by atoms with Gasteiger partial charge in [0.05, 0.1) is 6.54 Å². The molecule has 1 aromatic rings. The van der Waals surface area contributed by atoms with E-state index in [1.807, 2.05) is 24.3 Å². The molecule has 0 spiro atoms. The quantitative estimate of drug-likeness (QED) is 0.881. The van der Waals surface area contributed by atoms with Crippen LogP contribution < -0.4 is 5.32 Å². The highest BCUT2D eigenvalue weighted by atomic mass is 16.2. The SMILES string of the molecule is CC(C)c1ccc(C(=O)N2CCCNC(=O)C2)cc1. The van der Waals surface area contributed by atoms with Crippen LogP contribution in [0.3, 0.4) is 0 Å². The second kappa shape index (κ2) is 5.87. The molecule has 1 heterocycles. The molecule has 0 bridgehead atoms. The summed E-state index contributed by atoms with van der Waals surface area (Å²) < 4.78 is 0. The average molecular weight is 260 g/mol. The molecule has 19 heavy (non-hydrogen) atoms. The Kier molecular flexibility index (Phi) is 4.20. The minimum absolute atomic E-state index is 0.0626. The number of hydrogen-bond acceptors (Lipinski definition) is 2. The van der Waals surface area contributed by atoms with Crippen molar-refractivity contribution in [1.82, 2.24) is 10.2 Å². The number of carbonyl (C=O) groups excluding carboxylic acids is 2. The van der Waals surface area contributed by atoms with Gasteiger partial charge in [-0.25, -0.2) is 0 Å². The van der Waals surface area contributed by atoms with Gasteiger partial charge in [-0.2, -0.15) is 0 Å². The number of nitrogens with one attached hydrogen (secondary N) is 1. The summed E-state index contributed by atoms with van der Waals surface area (Å²) in [6.45, 7) is 5.68. The Labute approximate surface area is 113 Å². The van der Waals surface area contributed by atoms with Crippen LogP contribution in [0.2, 0.25) is 0 Å². The first-order valence-corrected chi connectivity index (χ1v) is 6.74. The molecule has 0 saturated carbocycles. The fourth-order valence-electron chi connectivity index (χ4n) is 2.17. The van der Waals surface area contributed by atoms with Gasteiger partial charge in [0.1, 0.15) is 0 Å². The molecule has 1 aliphatic rings. The first-order valence-electron chi connectivity index (χ1n) is 6.74. The summed E-state index contributed by atoms with van der Waals surface area (Å²) in [6, 6.07) is 7.66. The minimum atomic E-state index is -0.0790. The lowest BCUT2D eigenvalue weighted by atomic mass is 10.0. The summed E-state index contributed by atoms with van der Waals surface area (Å²) in [7, 11) is 0. The van der Waals surface area contributed by atoms with E-state index in [2.05, 4.69) is 19.2 Å². The fourth-order valence-corrected chi connectivity index (χ4v) is 2.17. The van der Waals surface area contributed by atoms with E-state index in [1.165, 1.54) is 5.56 Å². The Morgan fingerprint density at radius 2 is 1.95 bits per heavy atom. The van der Waals surface area contributed by atoms with Gasteiger partial charge in [-0.15, -0.1) is 0 Å². The molecule has 1 aliphatic heterocycles. The molecule has 4 heteroatoms. The van der Waals surface area contributed by atoms with Crippen LogP contribution in [0.5, 0.6) is 0 Å². The molecule has 0 unspecified atom stereocenters. The third kappa shape index (κ3) is 3.34. The third-order valence-electron chi connectivity index (χ3n) is 3.37. The zero-order valence-corrected chi connectivity index (χ0v) is 11.5. The number of rotatable bonds is 2. The topological polar surface area (TPSA) is 49.4 Å². The van der Waals surface area contributed by atoms with E-state index >= 15 is 0 Å². The lowest BCUT2D eigenvalue weighted by Gasteiger charge is -2.19. The van der Waals surface area contributed by atoms with E-state index in [4.69, 9.17) is 0 Å². The molecule has 1 fully saturated rings. The van der Waals surface area contributed by atoms with Crippen LogP contribution in [-0.4, -0.2) is 36.3 Å². The van der Waals surface area contributed by atoms with Crippen molar-refractivity contribution in [2.24, 2.45) is 0 Å². The van der Waals surface area contributed by atoms with Crippen molar-refractivity contribution in [3.8, 4) is 0 Å². The van der Waals surface area contributed by atoms with Crippen LogP contribution in [0.25, 0.3) is 0 Å². The van der Waals surface area contributed by atoms with Crippen LogP contribution in [0.15, 0.2) is 24.3 Å². The maximum absolute atomic E-state index is 12.3. The summed E-state index contributed by atoms with van der Waals surface area (Å²) in [4.78, 5) is 25.4. The zero-order valence-electron chi connectivity index (χ0n) is 11.5. The Balaban J connectivity index is 2.11. The van der Waals surface area contributed by atoms with Crippen molar-refractivity contribution >= 4 is 11.8 Å². The van der Waals surface area contributed by atoms with E-state index < -0.39 is 0 Å². The number of carbonyl (C=O) groups is 2. The molecule has 1 N–H and O–H groups in total. The first-order chi connectivity index (χ1) is 9.08. The van der Waals surface area contributed by atoms with Crippen molar-refractivity contribution < 1.29 is 9.59 Å². The first kappa shape index (κ1) is 13.6. The van der Waals surface area contributed by atoms with Gasteiger partial charge in [-0.05, 0) is 30.0 Å². The number of hydrogen-bond donors (Lipinski definition) is 1. The molecule has 0 atom stereocenters. The maximum Gasteiger partial charge on any atom is 0.254 e. The van der Waals surface area contributed by atoms with Gasteiger partial charge in [0, 0.05) is 18.7 Å². The van der Waals surface area contributed by atoms with Crippen LogP contribution in [-0.2, 0) is 4.79 Å². The summed E-state index contributed by atoms with van der Waals surface area (Å²) in [6.07, 6.45) is 0.807. The second-order valence-corrected chi connectivity index (χ2v) is 5.21. The van der Waals surface area contributed by atoms with E-state index in [-0.39, 0.29) is 18.4 Å². The minimum Gasteiger partial charge on any atom is -0.354 e. The Hall–Kier alpha value is -1.84. The Bertz CT molecular complexity index is 466. The largest absolute Gasteiger partial charge is 0.354 e. The highest BCUT2D eigenvalue weighted by Gasteiger charge is 2.20. The van der Waals surface area contributed by atoms with E-state index in [0.717, 1.165) is 6.42 Å². The van der Waals surface area contributed by atoms with Crippen LogP contribution in [0.1, 0.15) is 42.1 Å². The highest BCUT2D eigenvalue weighted by Crippen LogP contribution is 2.16. The number of nitrogens with zero attached hydrogens (tertiary/aromatic N) is 1. The van der Waals surface area contributed by atoms with Crippen molar-refractivity contribution in [2.75, 3.05) is 19.6 Å². The van der Waals surface area contributed by atoms with Gasteiger partial charge in [-0.1, -0.05) is 26.0 Å². The lowest BCUT2D eigenvalue weighted by molar-refractivity contribution is -0.121. The molecule has 1 aromatic carbocycles. The predicted octanol–water partition coefficient (Wildman–Crippen LogP) is 1.77. The Morgan fingerprint density at radius 3 is 2.58 bits per heavy atom. The molecular formula is C15H20N2O2. The maximum atomic E-state index is 12.3. The average Bonchev–Trinajstić information content (AvgIpc) is 2.62. The van der Waals surface area contributed by atoms with Gasteiger partial charge in [-0.3, -0.25) is 9.59 Å². The molecule has 2 rings (SSSR count). The fraction of sp³-hybridized carbons (Fsp3) is 0.467. The van der Waals surface area contributed by atoms with Crippen molar-refractivity contribution in [1.29, 1.82) is 0 Å². The number of benzene rings is 1. The summed E-state index contributed by atoms with van der Waals surface area (Å²) >= 11 is 0. The van der Waals surface area contributed by atoms with Gasteiger partial charge >= 0.3 is 0 Å². The molecule has 0 aliphatic carbocycles. The van der Waals surface area contributed by atoms with E-state index in [9.17, 15) is 9.59 Å². The normalized spacial score (nSPS) is 16.2. The van der Waals surface area contributed by atoms with Crippen LogP contribution in [0, 0.1) is 0 Å². The van der Waals surface area contributed by atoms with Crippen LogP contribution in [0.4, 0.5) is 0 Å². The second-order valence-electron chi connectivity index (χ2n) is 5.21. The predicted molar refractivity (Wildman–Crippen MR) is 74.1 cm³/mol. The van der Waals surface area contributed by atoms with Crippen molar-refractivity contribution in [2.45, 2.75) is 26.2 Å². The number of amides is 2. The molecule has 2 amide bonds. The molecule has 1 saturated heterocycles. The van der Waals surface area contributed by atoms with Crippen molar-refractivity contribution in [3.63, 3.8) is 0 Å². The zero-order chi connectivity index (χ0) is 13.8. The molecule has 102 valence electrons. The molecule has 0 aromatic heterocycles. The van der Waals surface area contributed by atoms with Gasteiger partial charge in [0.25, 0.3) is 5.91 Å². The standard InChI is InChI=1S/C15H20N2O2/c1-11(2)12-4-6-13(7-5-12)15(19)17-9-3-8-16-14(18)10-17/h4-7,11H,3,8-10H2,1-2H3,(H,16,18). The summed E-state index contributed by atoms with van der Waals surface area (Å²) in [5, 5.41) is 2.77. The lowest BCUT2D eigenvalue weighted by Crippen LogP contribution is -2.37. The molecule has 4 nitrogen and oxygen atoms in total. The third-order valence-corrected chi connectivity index (χ3v) is 3.37. The van der Waals surface area contributed by atoms with E-state index in [1.54, 1.807) is 4.90 Å². The molecular weight excluding hydrogens is 240 g/mol.